The molecule has 1 aliphatic rings. The molecule has 0 bridgehead atoms. The van der Waals surface area contributed by atoms with Crippen molar-refractivity contribution in [2.75, 3.05) is 6.61 Å². The molecule has 0 aromatic rings. The second kappa shape index (κ2) is 9.27. The van der Waals surface area contributed by atoms with Gasteiger partial charge in [0, 0.05) is 6.42 Å². The third-order valence-electron chi connectivity index (χ3n) is 6.94. The normalized spacial score (nSPS) is 22.0. The van der Waals surface area contributed by atoms with Gasteiger partial charge in [-0.25, -0.2) is 9.69 Å². The van der Waals surface area contributed by atoms with Crippen LogP contribution in [0.5, 0.6) is 0 Å². The molecule has 8 heteroatoms. The number of carbonyl (C=O) groups excluding carboxylic acids is 2. The van der Waals surface area contributed by atoms with Gasteiger partial charge in [-0.05, 0) is 63.5 Å². The molecule has 1 heterocycles. The smallest absolute Gasteiger partial charge is 0.417 e. The van der Waals surface area contributed by atoms with Crippen LogP contribution in [0.25, 0.3) is 0 Å². The van der Waals surface area contributed by atoms with E-state index in [2.05, 4.69) is 67.7 Å². The number of likely N-dealkylation sites (tertiary alicyclic amines) is 1. The van der Waals surface area contributed by atoms with E-state index in [0.29, 0.717) is 6.42 Å². The molecule has 0 aromatic carbocycles. The Morgan fingerprint density at radius 2 is 1.42 bits per heavy atom. The van der Waals surface area contributed by atoms with Crippen LogP contribution >= 0.6 is 0 Å². The van der Waals surface area contributed by atoms with Gasteiger partial charge in [-0.15, -0.1) is 0 Å². The first-order valence-electron chi connectivity index (χ1n) is 11.5. The Bertz CT molecular complexity index is 656. The minimum Gasteiger partial charge on any atom is -0.443 e. The molecular weight excluding hydrogens is 426 g/mol. The predicted octanol–water partition coefficient (Wildman–Crippen LogP) is 6.32. The molecule has 0 saturated carbocycles. The molecule has 6 nitrogen and oxygen atoms in total. The largest absolute Gasteiger partial charge is 0.443 e. The average molecular weight is 474 g/mol. The van der Waals surface area contributed by atoms with Gasteiger partial charge in [-0.1, -0.05) is 41.5 Å². The number of hydrogen-bond donors (Lipinski definition) is 0. The van der Waals surface area contributed by atoms with E-state index in [0.717, 1.165) is 0 Å². The summed E-state index contributed by atoms with van der Waals surface area (Å²) in [5.74, 6) is -0.215. The summed E-state index contributed by atoms with van der Waals surface area (Å²) in [4.78, 5) is 27.2. The van der Waals surface area contributed by atoms with Gasteiger partial charge in [0.2, 0.25) is 5.91 Å². The lowest BCUT2D eigenvalue weighted by molar-refractivity contribution is -0.141. The number of hydrogen-bond acceptors (Lipinski definition) is 5. The minimum atomic E-state index is -2.11. The molecule has 31 heavy (non-hydrogen) atoms. The van der Waals surface area contributed by atoms with Gasteiger partial charge in [0.1, 0.15) is 5.60 Å². The fraction of sp³-hybridized carbons (Fsp3) is 0.913. The van der Waals surface area contributed by atoms with Crippen molar-refractivity contribution in [3.05, 3.63) is 0 Å². The van der Waals surface area contributed by atoms with E-state index in [9.17, 15) is 9.59 Å². The van der Waals surface area contributed by atoms with Gasteiger partial charge in [0.15, 0.2) is 16.6 Å². The summed E-state index contributed by atoms with van der Waals surface area (Å²) in [6.07, 6.45) is 0.00594. The van der Waals surface area contributed by atoms with Gasteiger partial charge >= 0.3 is 6.09 Å². The molecule has 1 saturated heterocycles. The van der Waals surface area contributed by atoms with E-state index in [1.165, 1.54) is 4.90 Å². The molecule has 2 atom stereocenters. The lowest BCUT2D eigenvalue weighted by Gasteiger charge is -2.47. The van der Waals surface area contributed by atoms with Crippen molar-refractivity contribution in [2.45, 2.75) is 129 Å². The summed E-state index contributed by atoms with van der Waals surface area (Å²) >= 11 is 0. The van der Waals surface area contributed by atoms with Crippen LogP contribution in [0.15, 0.2) is 0 Å². The number of carbonyl (C=O) groups is 2. The highest BCUT2D eigenvalue weighted by molar-refractivity contribution is 6.74. The van der Waals surface area contributed by atoms with Gasteiger partial charge in [-0.2, -0.15) is 0 Å². The van der Waals surface area contributed by atoms with Crippen molar-refractivity contribution >= 4 is 28.6 Å². The fourth-order valence-electron chi connectivity index (χ4n) is 2.86. The van der Waals surface area contributed by atoms with Gasteiger partial charge in [0.25, 0.3) is 0 Å². The second-order valence-electron chi connectivity index (χ2n) is 12.8. The summed E-state index contributed by atoms with van der Waals surface area (Å²) in [6.45, 7) is 27.6. The highest BCUT2D eigenvalue weighted by Crippen LogP contribution is 2.40. The summed E-state index contributed by atoms with van der Waals surface area (Å²) in [6, 6.07) is -0.487. The van der Waals surface area contributed by atoms with E-state index in [-0.39, 0.29) is 35.1 Å². The van der Waals surface area contributed by atoms with Crippen LogP contribution in [0, 0.1) is 0 Å². The number of nitrogens with zero attached hydrogens (tertiary/aromatic N) is 1. The SMILES string of the molecule is CC(C)(C)OC(=O)N1C(=O)CC[C@H](O[Si](C)(C)C(C)(C)C)[C@@H]1CO[Si](C)(C)C(C)(C)C. The highest BCUT2D eigenvalue weighted by atomic mass is 28.4. The monoisotopic (exact) mass is 473 g/mol. The highest BCUT2D eigenvalue weighted by Gasteiger charge is 2.48. The molecule has 1 aliphatic heterocycles. The first-order valence-corrected chi connectivity index (χ1v) is 17.3. The van der Waals surface area contributed by atoms with E-state index in [1.54, 1.807) is 0 Å². The summed E-state index contributed by atoms with van der Waals surface area (Å²) in [5, 5.41) is 0.0499. The molecule has 0 N–H and O–H groups in total. The van der Waals surface area contributed by atoms with Crippen molar-refractivity contribution in [3.63, 3.8) is 0 Å². The molecule has 182 valence electrons. The van der Waals surface area contributed by atoms with Crippen LogP contribution in [0.2, 0.25) is 36.3 Å². The molecule has 0 unspecified atom stereocenters. The van der Waals surface area contributed by atoms with Crippen LogP contribution in [-0.2, 0) is 18.4 Å². The molecule has 0 aromatic heterocycles. The molecule has 2 amide bonds. The fourth-order valence-corrected chi connectivity index (χ4v) is 5.27. The number of imide groups is 1. The van der Waals surface area contributed by atoms with Crippen molar-refractivity contribution in [3.8, 4) is 0 Å². The van der Waals surface area contributed by atoms with Crippen LogP contribution in [0.1, 0.15) is 75.2 Å². The molecule has 0 aliphatic carbocycles. The molecular formula is C23H47NO5Si2. The minimum absolute atomic E-state index is 0.0239. The average Bonchev–Trinajstić information content (AvgIpc) is 2.50. The Hall–Kier alpha value is -0.706. The molecule has 1 rings (SSSR count). The molecule has 1 fully saturated rings. The van der Waals surface area contributed by atoms with Gasteiger partial charge in [0.05, 0.1) is 18.8 Å². The van der Waals surface area contributed by atoms with E-state index in [1.807, 2.05) is 20.8 Å². The van der Waals surface area contributed by atoms with E-state index < -0.39 is 34.4 Å². The Balaban J connectivity index is 3.29. The van der Waals surface area contributed by atoms with Crippen molar-refractivity contribution in [1.82, 2.24) is 4.90 Å². The van der Waals surface area contributed by atoms with Crippen molar-refractivity contribution in [1.29, 1.82) is 0 Å². The zero-order chi connectivity index (χ0) is 24.6. The standard InChI is InChI=1S/C23H47NO5Si2/c1-21(2,3)28-20(26)24-17(16-27-30(10,11)22(4,5)6)18(14-15-19(24)25)29-31(12,13)23(7,8)9/h17-18H,14-16H2,1-13H3/t17-,18-/m0/s1. The van der Waals surface area contributed by atoms with Gasteiger partial charge in [-0.3, -0.25) is 4.79 Å². The first kappa shape index (κ1) is 28.3. The number of ether oxygens (including phenoxy) is 1. The molecule has 0 radical (unpaired) electrons. The maximum Gasteiger partial charge on any atom is 0.417 e. The Labute approximate surface area is 192 Å². The predicted molar refractivity (Wildman–Crippen MR) is 131 cm³/mol. The van der Waals surface area contributed by atoms with Crippen molar-refractivity contribution in [2.24, 2.45) is 0 Å². The molecule has 0 spiro atoms. The van der Waals surface area contributed by atoms with E-state index >= 15 is 0 Å². The Morgan fingerprint density at radius 1 is 0.935 bits per heavy atom. The number of amides is 2. The zero-order valence-corrected chi connectivity index (χ0v) is 24.3. The summed E-state index contributed by atoms with van der Waals surface area (Å²) in [5.41, 5.74) is -0.685. The quantitative estimate of drug-likeness (QED) is 0.437. The Morgan fingerprint density at radius 3 is 1.84 bits per heavy atom. The lowest BCUT2D eigenvalue weighted by Crippen LogP contribution is -2.61. The third kappa shape index (κ3) is 7.40. The van der Waals surface area contributed by atoms with Crippen LogP contribution in [-0.4, -0.2) is 57.9 Å². The van der Waals surface area contributed by atoms with Crippen LogP contribution < -0.4 is 0 Å². The number of piperidine rings is 1. The second-order valence-corrected chi connectivity index (χ2v) is 22.4. The Kier molecular flexibility index (Phi) is 8.47. The lowest BCUT2D eigenvalue weighted by atomic mass is 9.99. The first-order chi connectivity index (χ1) is 13.6. The topological polar surface area (TPSA) is 65.1 Å². The van der Waals surface area contributed by atoms with Crippen LogP contribution in [0.3, 0.4) is 0 Å². The van der Waals surface area contributed by atoms with Crippen LogP contribution in [0.4, 0.5) is 4.79 Å². The van der Waals surface area contributed by atoms with Gasteiger partial charge < -0.3 is 13.6 Å². The maximum absolute atomic E-state index is 13.1. The number of rotatable bonds is 5. The maximum atomic E-state index is 13.1. The third-order valence-corrected chi connectivity index (χ3v) is 15.9. The van der Waals surface area contributed by atoms with E-state index in [4.69, 9.17) is 13.6 Å². The zero-order valence-electron chi connectivity index (χ0n) is 22.3. The van der Waals surface area contributed by atoms with Crippen molar-refractivity contribution < 1.29 is 23.2 Å². The summed E-state index contributed by atoms with van der Waals surface area (Å²) < 4.78 is 18.8. The summed E-state index contributed by atoms with van der Waals surface area (Å²) in [7, 11) is -4.19.